The van der Waals surface area contributed by atoms with Crippen LogP contribution in [-0.4, -0.2) is 96.7 Å². The Morgan fingerprint density at radius 1 is 0.287 bits per heavy atom. The molecule has 17 nitrogen and oxygen atoms in total. The van der Waals surface area contributed by atoms with Gasteiger partial charge in [0, 0.05) is 25.7 Å². The summed E-state index contributed by atoms with van der Waals surface area (Å²) in [6.07, 6.45) is 51.2. The molecule has 0 saturated carbocycles. The minimum atomic E-state index is -4.96. The maximum Gasteiger partial charge on any atom is 0.472 e. The van der Waals surface area contributed by atoms with Gasteiger partial charge in [0.05, 0.1) is 26.4 Å². The van der Waals surface area contributed by atoms with Crippen molar-refractivity contribution in [3.8, 4) is 0 Å². The largest absolute Gasteiger partial charge is 0.472 e. The van der Waals surface area contributed by atoms with Crippen molar-refractivity contribution in [2.24, 2.45) is 17.8 Å². The molecule has 94 heavy (non-hydrogen) atoms. The van der Waals surface area contributed by atoms with Gasteiger partial charge in [-0.3, -0.25) is 37.3 Å². The number of phosphoric acid groups is 2. The summed E-state index contributed by atoms with van der Waals surface area (Å²) in [6.45, 7) is 11.9. The number of hydrogen-bond acceptors (Lipinski definition) is 15. The zero-order valence-corrected chi connectivity index (χ0v) is 63.2. The molecule has 558 valence electrons. The number of esters is 4. The normalized spacial score (nSPS) is 14.1. The van der Waals surface area contributed by atoms with E-state index in [1.807, 2.05) is 0 Å². The number of carbonyl (C=O) groups excluding carboxylic acids is 4. The zero-order valence-electron chi connectivity index (χ0n) is 61.4. The summed E-state index contributed by atoms with van der Waals surface area (Å²) in [6, 6.07) is 0. The summed E-state index contributed by atoms with van der Waals surface area (Å²) in [5.74, 6) is 0.206. The second-order valence-corrected chi connectivity index (χ2v) is 31.4. The molecule has 0 radical (unpaired) electrons. The van der Waals surface area contributed by atoms with Gasteiger partial charge in [0.25, 0.3) is 0 Å². The molecule has 0 aromatic rings. The molecule has 0 fully saturated rings. The summed E-state index contributed by atoms with van der Waals surface area (Å²) in [5.41, 5.74) is 0. The number of unbranched alkanes of at least 4 members (excludes halogenated alkanes) is 41. The topological polar surface area (TPSA) is 237 Å². The Hall–Kier alpha value is -1.94. The van der Waals surface area contributed by atoms with E-state index in [4.69, 9.17) is 37.0 Å². The molecule has 0 aliphatic carbocycles. The van der Waals surface area contributed by atoms with Crippen LogP contribution < -0.4 is 0 Å². The maximum atomic E-state index is 13.1. The van der Waals surface area contributed by atoms with E-state index in [9.17, 15) is 43.2 Å². The van der Waals surface area contributed by atoms with Gasteiger partial charge in [-0.15, -0.1) is 0 Å². The average molecular weight is 1380 g/mol. The van der Waals surface area contributed by atoms with Crippen molar-refractivity contribution < 1.29 is 80.2 Å². The molecule has 5 atom stereocenters. The van der Waals surface area contributed by atoms with Crippen LogP contribution in [0.15, 0.2) is 0 Å². The molecule has 0 saturated heterocycles. The first kappa shape index (κ1) is 92.1. The molecular formula is C75H146O17P2. The predicted molar refractivity (Wildman–Crippen MR) is 381 cm³/mol. The number of hydrogen-bond donors (Lipinski definition) is 3. The van der Waals surface area contributed by atoms with Crippen LogP contribution in [0.3, 0.4) is 0 Å². The fraction of sp³-hybridized carbons (Fsp3) is 0.947. The molecule has 0 amide bonds. The van der Waals surface area contributed by atoms with E-state index in [1.165, 1.54) is 193 Å². The van der Waals surface area contributed by atoms with Crippen LogP contribution in [0.5, 0.6) is 0 Å². The van der Waals surface area contributed by atoms with Crippen molar-refractivity contribution in [1.29, 1.82) is 0 Å². The van der Waals surface area contributed by atoms with Crippen LogP contribution in [0, 0.1) is 17.8 Å². The van der Waals surface area contributed by atoms with E-state index < -0.39 is 97.5 Å². The van der Waals surface area contributed by atoms with E-state index in [2.05, 4.69) is 48.5 Å². The highest BCUT2D eigenvalue weighted by Gasteiger charge is 2.30. The lowest BCUT2D eigenvalue weighted by Crippen LogP contribution is -2.30. The summed E-state index contributed by atoms with van der Waals surface area (Å²) in [4.78, 5) is 72.8. The first-order valence-electron chi connectivity index (χ1n) is 38.8. The van der Waals surface area contributed by atoms with Gasteiger partial charge in [0.15, 0.2) is 12.2 Å². The fourth-order valence-corrected chi connectivity index (χ4v) is 13.0. The van der Waals surface area contributed by atoms with Crippen LogP contribution in [0.1, 0.15) is 382 Å². The van der Waals surface area contributed by atoms with E-state index in [-0.39, 0.29) is 25.7 Å². The molecule has 0 aliphatic rings. The van der Waals surface area contributed by atoms with Crippen molar-refractivity contribution >= 4 is 39.5 Å². The van der Waals surface area contributed by atoms with Gasteiger partial charge in [0.1, 0.15) is 19.3 Å². The third-order valence-corrected chi connectivity index (χ3v) is 19.3. The van der Waals surface area contributed by atoms with Crippen LogP contribution in [0.2, 0.25) is 0 Å². The van der Waals surface area contributed by atoms with E-state index in [0.29, 0.717) is 25.7 Å². The van der Waals surface area contributed by atoms with Gasteiger partial charge in [-0.1, -0.05) is 331 Å². The molecule has 0 aliphatic heterocycles. The van der Waals surface area contributed by atoms with Gasteiger partial charge in [-0.25, -0.2) is 9.13 Å². The van der Waals surface area contributed by atoms with Crippen molar-refractivity contribution in [3.63, 3.8) is 0 Å². The molecule has 0 bridgehead atoms. The second-order valence-electron chi connectivity index (χ2n) is 28.5. The molecule has 0 spiro atoms. The number of ether oxygens (including phenoxy) is 4. The van der Waals surface area contributed by atoms with Gasteiger partial charge in [-0.05, 0) is 43.4 Å². The Morgan fingerprint density at radius 3 is 0.723 bits per heavy atom. The lowest BCUT2D eigenvalue weighted by atomic mass is 10.0. The first-order valence-corrected chi connectivity index (χ1v) is 41.8. The molecule has 2 unspecified atom stereocenters. The Balaban J connectivity index is 5.26. The first-order chi connectivity index (χ1) is 45.2. The SMILES string of the molecule is CCCCCCCCCCCCC(=O)OC[C@H](COP(=O)(O)OC[C@H](O)COP(=O)(O)OC[C@@H](COC(=O)CCCCCCCCCCCCCCC(C)C)OC(=O)CCCCCCCCCCCCCCC(C)C)OC(=O)CCCCCCCCCCCCCC(C)C. The molecule has 0 heterocycles. The third-order valence-electron chi connectivity index (χ3n) is 17.4. The minimum Gasteiger partial charge on any atom is -0.462 e. The predicted octanol–water partition coefficient (Wildman–Crippen LogP) is 21.8. The van der Waals surface area contributed by atoms with Crippen LogP contribution in [-0.2, 0) is 65.4 Å². The summed E-state index contributed by atoms with van der Waals surface area (Å²) >= 11 is 0. The van der Waals surface area contributed by atoms with Gasteiger partial charge in [-0.2, -0.15) is 0 Å². The standard InChI is InChI=1S/C75H146O17P2/c1-8-9-10-11-12-13-28-35-42-49-56-72(77)85-62-70(92-75(80)59-52-45-38-31-24-18-21-27-34-41-48-55-68(6)7)64-89-93(81,82)87-60-69(76)61-88-94(83,84)90-65-71(91-74(79)58-51-44-37-30-23-17-15-20-26-33-40-47-54-67(4)5)63-86-73(78)57-50-43-36-29-22-16-14-19-25-32-39-46-53-66(2)3/h66-71,76H,8-65H2,1-7H3,(H,81,82)(H,83,84)/t69-,70+,71+/m0/s1. The Kier molecular flexibility index (Phi) is 64.3. The Bertz CT molecular complexity index is 1840. The molecular weight excluding hydrogens is 1230 g/mol. The lowest BCUT2D eigenvalue weighted by molar-refractivity contribution is -0.161. The number of rotatable bonds is 73. The van der Waals surface area contributed by atoms with Crippen molar-refractivity contribution in [3.05, 3.63) is 0 Å². The fourth-order valence-electron chi connectivity index (χ4n) is 11.4. The van der Waals surface area contributed by atoms with Crippen molar-refractivity contribution in [2.45, 2.75) is 401 Å². The van der Waals surface area contributed by atoms with Gasteiger partial charge < -0.3 is 33.8 Å². The number of aliphatic hydroxyl groups excluding tert-OH is 1. The smallest absolute Gasteiger partial charge is 0.462 e. The zero-order chi connectivity index (χ0) is 69.4. The van der Waals surface area contributed by atoms with Gasteiger partial charge in [0.2, 0.25) is 0 Å². The number of aliphatic hydroxyl groups is 1. The average Bonchev–Trinajstić information content (AvgIpc) is 1.47. The molecule has 0 aromatic heterocycles. The summed E-state index contributed by atoms with van der Waals surface area (Å²) in [7, 11) is -9.91. The maximum absolute atomic E-state index is 13.1. The molecule has 19 heteroatoms. The van der Waals surface area contributed by atoms with Crippen molar-refractivity contribution in [1.82, 2.24) is 0 Å². The van der Waals surface area contributed by atoms with Crippen molar-refractivity contribution in [2.75, 3.05) is 39.6 Å². The Labute approximate surface area is 575 Å². The monoisotopic (exact) mass is 1380 g/mol. The molecule has 0 rings (SSSR count). The lowest BCUT2D eigenvalue weighted by Gasteiger charge is -2.21. The van der Waals surface area contributed by atoms with E-state index >= 15 is 0 Å². The van der Waals surface area contributed by atoms with Crippen LogP contribution in [0.25, 0.3) is 0 Å². The number of carbonyl (C=O) groups is 4. The minimum absolute atomic E-state index is 0.106. The summed E-state index contributed by atoms with van der Waals surface area (Å²) < 4.78 is 68.5. The quantitative estimate of drug-likeness (QED) is 0.0222. The molecule has 3 N–H and O–H groups in total. The highest BCUT2D eigenvalue weighted by atomic mass is 31.2. The highest BCUT2D eigenvalue weighted by molar-refractivity contribution is 7.47. The van der Waals surface area contributed by atoms with Gasteiger partial charge >= 0.3 is 39.5 Å². The van der Waals surface area contributed by atoms with Crippen LogP contribution >= 0.6 is 15.6 Å². The Morgan fingerprint density at radius 2 is 0.489 bits per heavy atom. The van der Waals surface area contributed by atoms with E-state index in [0.717, 1.165) is 108 Å². The highest BCUT2D eigenvalue weighted by Crippen LogP contribution is 2.45. The van der Waals surface area contributed by atoms with E-state index in [1.54, 1.807) is 0 Å². The summed E-state index contributed by atoms with van der Waals surface area (Å²) in [5, 5.41) is 10.6. The number of phosphoric ester groups is 2. The molecule has 0 aromatic carbocycles. The van der Waals surface area contributed by atoms with Crippen LogP contribution in [0.4, 0.5) is 0 Å². The third kappa shape index (κ3) is 68.6. The second kappa shape index (κ2) is 65.7.